The van der Waals surface area contributed by atoms with E-state index in [0.29, 0.717) is 12.3 Å². The van der Waals surface area contributed by atoms with Crippen LogP contribution in [0.25, 0.3) is 0 Å². The van der Waals surface area contributed by atoms with Gasteiger partial charge in [0.25, 0.3) is 0 Å². The fraction of sp³-hybridized carbons (Fsp3) is 0.533. The molecule has 0 radical (unpaired) electrons. The highest BCUT2D eigenvalue weighted by Crippen LogP contribution is 2.35. The van der Waals surface area contributed by atoms with E-state index in [1.807, 2.05) is 6.07 Å². The third kappa shape index (κ3) is 3.07. The zero-order chi connectivity index (χ0) is 13.8. The molecule has 104 valence electrons. The third-order valence-electron chi connectivity index (χ3n) is 3.87. The largest absolute Gasteiger partial charge is 0.495 e. The number of carbonyl (C=O) groups is 1. The molecule has 0 aliphatic carbocycles. The lowest BCUT2D eigenvalue weighted by Gasteiger charge is -2.31. The summed E-state index contributed by atoms with van der Waals surface area (Å²) in [7, 11) is 3.80. The quantitative estimate of drug-likeness (QED) is 0.847. The molecule has 1 saturated heterocycles. The van der Waals surface area contributed by atoms with E-state index in [2.05, 4.69) is 30.3 Å². The zero-order valence-electron chi connectivity index (χ0n) is 11.9. The third-order valence-corrected chi connectivity index (χ3v) is 3.87. The van der Waals surface area contributed by atoms with Crippen LogP contribution in [0.3, 0.4) is 0 Å². The first-order valence-electron chi connectivity index (χ1n) is 6.73. The first-order valence-corrected chi connectivity index (χ1v) is 6.73. The van der Waals surface area contributed by atoms with Crippen molar-refractivity contribution in [1.29, 1.82) is 0 Å². The molecule has 1 N–H and O–H groups in total. The second-order valence-corrected chi connectivity index (χ2v) is 5.27. The van der Waals surface area contributed by atoms with Gasteiger partial charge in [-0.05, 0) is 62.5 Å². The van der Waals surface area contributed by atoms with Crippen molar-refractivity contribution in [2.24, 2.45) is 0 Å². The van der Waals surface area contributed by atoms with E-state index in [1.54, 1.807) is 7.11 Å². The van der Waals surface area contributed by atoms with E-state index in [9.17, 15) is 4.79 Å². The van der Waals surface area contributed by atoms with Gasteiger partial charge in [-0.1, -0.05) is 0 Å². The van der Waals surface area contributed by atoms with Gasteiger partial charge in [0.15, 0.2) is 0 Å². The molecule has 4 nitrogen and oxygen atoms in total. The highest BCUT2D eigenvalue weighted by atomic mass is 16.5. The van der Waals surface area contributed by atoms with E-state index in [-0.39, 0.29) is 0 Å². The van der Waals surface area contributed by atoms with Crippen molar-refractivity contribution in [2.45, 2.75) is 25.7 Å². The molecule has 1 amide bonds. The summed E-state index contributed by atoms with van der Waals surface area (Å²) >= 11 is 0. The van der Waals surface area contributed by atoms with Gasteiger partial charge in [-0.3, -0.25) is 4.79 Å². The van der Waals surface area contributed by atoms with E-state index < -0.39 is 0 Å². The Hall–Kier alpha value is -1.55. The first-order chi connectivity index (χ1) is 9.15. The Balaban J connectivity index is 2.32. The minimum atomic E-state index is 0.554. The number of amides is 1. The zero-order valence-corrected chi connectivity index (χ0v) is 11.9. The fourth-order valence-corrected chi connectivity index (χ4v) is 2.91. The van der Waals surface area contributed by atoms with Crippen molar-refractivity contribution in [3.8, 4) is 5.75 Å². The summed E-state index contributed by atoms with van der Waals surface area (Å²) in [5, 5.41) is 2.69. The number of hydrogen-bond acceptors (Lipinski definition) is 3. The number of hydrogen-bond donors (Lipinski definition) is 1. The van der Waals surface area contributed by atoms with Gasteiger partial charge in [0.1, 0.15) is 5.75 Å². The molecule has 0 bridgehead atoms. The summed E-state index contributed by atoms with van der Waals surface area (Å²) < 4.78 is 5.38. The number of likely N-dealkylation sites (tertiary alicyclic amines) is 1. The topological polar surface area (TPSA) is 41.6 Å². The predicted octanol–water partition coefficient (Wildman–Crippen LogP) is 2.38. The average molecular weight is 262 g/mol. The highest BCUT2D eigenvalue weighted by molar-refractivity contribution is 5.76. The van der Waals surface area contributed by atoms with Gasteiger partial charge >= 0.3 is 0 Å². The van der Waals surface area contributed by atoms with Gasteiger partial charge in [-0.25, -0.2) is 0 Å². The molecular formula is C15H22N2O2. The summed E-state index contributed by atoms with van der Waals surface area (Å²) in [5.74, 6) is 1.29. The summed E-state index contributed by atoms with van der Waals surface area (Å²) in [5.41, 5.74) is 3.29. The molecule has 1 fully saturated rings. The lowest BCUT2D eigenvalue weighted by atomic mass is 9.87. The van der Waals surface area contributed by atoms with Crippen molar-refractivity contribution < 1.29 is 9.53 Å². The minimum Gasteiger partial charge on any atom is -0.495 e. The average Bonchev–Trinajstić information content (AvgIpc) is 2.39. The number of piperidine rings is 1. The number of likely N-dealkylation sites (N-methyl/N-ethyl adjacent to an activating group) is 1. The number of rotatable bonds is 4. The number of methoxy groups -OCH3 is 1. The van der Waals surface area contributed by atoms with E-state index >= 15 is 0 Å². The van der Waals surface area contributed by atoms with Gasteiger partial charge in [-0.2, -0.15) is 0 Å². The van der Waals surface area contributed by atoms with Crippen LogP contribution in [0.2, 0.25) is 0 Å². The van der Waals surface area contributed by atoms with Crippen LogP contribution in [-0.2, 0) is 4.79 Å². The Kier molecular flexibility index (Phi) is 4.43. The molecule has 2 rings (SSSR count). The summed E-state index contributed by atoms with van der Waals surface area (Å²) in [6.45, 7) is 4.36. The van der Waals surface area contributed by atoms with Crippen LogP contribution in [0.5, 0.6) is 5.75 Å². The maximum Gasteiger partial charge on any atom is 0.211 e. The fourth-order valence-electron chi connectivity index (χ4n) is 2.91. The van der Waals surface area contributed by atoms with Crippen LogP contribution >= 0.6 is 0 Å². The maximum atomic E-state index is 10.6. The maximum absolute atomic E-state index is 10.6. The Labute approximate surface area is 114 Å². The molecule has 1 aromatic carbocycles. The van der Waals surface area contributed by atoms with Gasteiger partial charge in [-0.15, -0.1) is 0 Å². The second kappa shape index (κ2) is 6.06. The highest BCUT2D eigenvalue weighted by Gasteiger charge is 2.21. The second-order valence-electron chi connectivity index (χ2n) is 5.27. The SMILES string of the molecule is COc1cc(C2CCCN(C)C2)c(C)cc1NC=O. The van der Waals surface area contributed by atoms with Crippen molar-refractivity contribution >= 4 is 12.1 Å². The number of benzene rings is 1. The molecule has 1 aromatic rings. The molecule has 0 spiro atoms. The lowest BCUT2D eigenvalue weighted by molar-refractivity contribution is -0.105. The van der Waals surface area contributed by atoms with E-state index in [4.69, 9.17) is 4.74 Å². The van der Waals surface area contributed by atoms with Crippen LogP contribution in [0.4, 0.5) is 5.69 Å². The Morgan fingerprint density at radius 2 is 2.26 bits per heavy atom. The van der Waals surface area contributed by atoms with Crippen molar-refractivity contribution in [1.82, 2.24) is 4.90 Å². The molecule has 19 heavy (non-hydrogen) atoms. The number of carbonyl (C=O) groups excluding carboxylic acids is 1. The van der Waals surface area contributed by atoms with Gasteiger partial charge in [0.05, 0.1) is 12.8 Å². The number of anilines is 1. The molecule has 1 heterocycles. The first kappa shape index (κ1) is 13.9. The minimum absolute atomic E-state index is 0.554. The molecule has 0 aromatic heterocycles. The molecule has 4 heteroatoms. The van der Waals surface area contributed by atoms with Gasteiger partial charge in [0.2, 0.25) is 6.41 Å². The molecule has 1 unspecified atom stereocenters. The molecule has 1 atom stereocenters. The van der Waals surface area contributed by atoms with Gasteiger partial charge < -0.3 is 15.0 Å². The number of ether oxygens (including phenoxy) is 1. The number of aryl methyl sites for hydroxylation is 1. The van der Waals surface area contributed by atoms with E-state index in [0.717, 1.165) is 18.0 Å². The smallest absolute Gasteiger partial charge is 0.211 e. The van der Waals surface area contributed by atoms with Crippen LogP contribution in [0.15, 0.2) is 12.1 Å². The lowest BCUT2D eigenvalue weighted by Crippen LogP contribution is -2.31. The van der Waals surface area contributed by atoms with Gasteiger partial charge in [0, 0.05) is 6.54 Å². The van der Waals surface area contributed by atoms with Crippen LogP contribution < -0.4 is 10.1 Å². The normalized spacial score (nSPS) is 20.1. The Bertz CT molecular complexity index is 460. The van der Waals surface area contributed by atoms with Crippen LogP contribution in [0.1, 0.15) is 29.9 Å². The Morgan fingerprint density at radius 3 is 2.89 bits per heavy atom. The monoisotopic (exact) mass is 262 g/mol. The van der Waals surface area contributed by atoms with Crippen molar-refractivity contribution in [3.63, 3.8) is 0 Å². The Morgan fingerprint density at radius 1 is 1.47 bits per heavy atom. The predicted molar refractivity (Wildman–Crippen MR) is 76.9 cm³/mol. The van der Waals surface area contributed by atoms with Crippen LogP contribution in [0, 0.1) is 6.92 Å². The number of nitrogens with zero attached hydrogens (tertiary/aromatic N) is 1. The summed E-state index contributed by atoms with van der Waals surface area (Å²) in [6, 6.07) is 4.07. The van der Waals surface area contributed by atoms with Crippen molar-refractivity contribution in [3.05, 3.63) is 23.3 Å². The summed E-state index contributed by atoms with van der Waals surface area (Å²) in [6.07, 6.45) is 3.14. The van der Waals surface area contributed by atoms with Crippen LogP contribution in [-0.4, -0.2) is 38.6 Å². The summed E-state index contributed by atoms with van der Waals surface area (Å²) in [4.78, 5) is 13.0. The molecule has 1 aliphatic rings. The molecular weight excluding hydrogens is 240 g/mol. The molecule has 0 saturated carbocycles. The van der Waals surface area contributed by atoms with Crippen molar-refractivity contribution in [2.75, 3.05) is 32.6 Å². The molecule has 1 aliphatic heterocycles. The number of nitrogens with one attached hydrogen (secondary N) is 1. The van der Waals surface area contributed by atoms with E-state index in [1.165, 1.54) is 30.5 Å². The standard InChI is InChI=1S/C15H22N2O2/c1-11-7-14(16-10-18)15(19-3)8-13(11)12-5-4-6-17(2)9-12/h7-8,10,12H,4-6,9H2,1-3H3,(H,16,18).